The Morgan fingerprint density at radius 2 is 1.41 bits per heavy atom. The van der Waals surface area contributed by atoms with Crippen LogP contribution >= 0.6 is 11.3 Å². The fraction of sp³-hybridized carbons (Fsp3) is 0.250. The number of hydrogen-bond acceptors (Lipinski definition) is 1. The number of rotatable bonds is 3. The minimum absolute atomic E-state index is 0.00561. The first kappa shape index (κ1) is 15.2. The van der Waals surface area contributed by atoms with Gasteiger partial charge in [0, 0.05) is 27.1 Å². The van der Waals surface area contributed by atoms with Gasteiger partial charge in [-0.3, -0.25) is 0 Å². The first-order valence-electron chi connectivity index (χ1n) is 6.80. The summed E-state index contributed by atoms with van der Waals surface area (Å²) >= 11 is 1.04. The lowest BCUT2D eigenvalue weighted by Crippen LogP contribution is -2.04. The number of unbranched alkanes of at least 4 members (excludes halogenated alkanes) is 1. The third kappa shape index (κ3) is 2.00. The zero-order valence-electron chi connectivity index (χ0n) is 11.6. The van der Waals surface area contributed by atoms with Crippen molar-refractivity contribution in [3.05, 3.63) is 45.4 Å². The quantitative estimate of drug-likeness (QED) is 0.402. The van der Waals surface area contributed by atoms with Crippen LogP contribution in [0.5, 0.6) is 0 Å². The van der Waals surface area contributed by atoms with Crippen molar-refractivity contribution in [2.24, 2.45) is 0 Å². The highest BCUT2D eigenvalue weighted by Gasteiger charge is 2.26. The molecule has 0 saturated carbocycles. The van der Waals surface area contributed by atoms with E-state index in [1.165, 1.54) is 10.8 Å². The van der Waals surface area contributed by atoms with E-state index in [2.05, 4.69) is 0 Å². The van der Waals surface area contributed by atoms with Crippen LogP contribution in [0.3, 0.4) is 0 Å². The van der Waals surface area contributed by atoms with Crippen LogP contribution < -0.4 is 0 Å². The summed E-state index contributed by atoms with van der Waals surface area (Å²) in [6.07, 6.45) is 1.14. The smallest absolute Gasteiger partial charge is 0.170 e. The van der Waals surface area contributed by atoms with E-state index in [9.17, 15) is 22.0 Å². The van der Waals surface area contributed by atoms with Crippen molar-refractivity contribution in [2.45, 2.75) is 26.2 Å². The van der Waals surface area contributed by atoms with Crippen LogP contribution in [0.25, 0.3) is 21.5 Å². The fourth-order valence-electron chi connectivity index (χ4n) is 2.63. The van der Waals surface area contributed by atoms with Crippen molar-refractivity contribution in [1.82, 2.24) is 0 Å². The summed E-state index contributed by atoms with van der Waals surface area (Å²) in [7, 11) is 0. The number of thiophene rings is 1. The SMILES string of the molecule is CCCCc1c(F)c(F)c2c(F)c(F)c3cscc3c2c1F. The average Bonchev–Trinajstić information content (AvgIpc) is 2.98. The van der Waals surface area contributed by atoms with Gasteiger partial charge >= 0.3 is 0 Å². The molecule has 6 heteroatoms. The lowest BCUT2D eigenvalue weighted by atomic mass is 9.97. The van der Waals surface area contributed by atoms with Gasteiger partial charge < -0.3 is 0 Å². The molecule has 0 N–H and O–H groups in total. The molecule has 1 heterocycles. The minimum atomic E-state index is -1.56. The molecule has 0 spiro atoms. The van der Waals surface area contributed by atoms with E-state index in [4.69, 9.17) is 0 Å². The van der Waals surface area contributed by atoms with Gasteiger partial charge in [-0.2, -0.15) is 11.3 Å². The molecular weight excluding hydrogens is 319 g/mol. The van der Waals surface area contributed by atoms with Crippen molar-refractivity contribution in [1.29, 1.82) is 0 Å². The molecule has 0 aliphatic carbocycles. The lowest BCUT2D eigenvalue weighted by Gasteiger charge is -2.12. The van der Waals surface area contributed by atoms with E-state index < -0.39 is 40.0 Å². The van der Waals surface area contributed by atoms with Crippen molar-refractivity contribution in [3.8, 4) is 0 Å². The van der Waals surface area contributed by atoms with Crippen LogP contribution in [-0.4, -0.2) is 0 Å². The highest BCUT2D eigenvalue weighted by atomic mass is 32.1. The zero-order chi connectivity index (χ0) is 16.0. The molecule has 0 amide bonds. The van der Waals surface area contributed by atoms with E-state index >= 15 is 0 Å². The minimum Gasteiger partial charge on any atom is -0.206 e. The van der Waals surface area contributed by atoms with Crippen LogP contribution in [0, 0.1) is 29.1 Å². The molecule has 3 aromatic rings. The number of fused-ring (bicyclic) bond motifs is 3. The predicted octanol–water partition coefficient (Wildman–Crippen LogP) is 6.09. The summed E-state index contributed by atoms with van der Waals surface area (Å²) in [5.74, 6) is -6.83. The molecular formula is C16H11F5S. The second-order valence-corrected chi connectivity index (χ2v) is 5.84. The van der Waals surface area contributed by atoms with Crippen LogP contribution in [0.4, 0.5) is 22.0 Å². The van der Waals surface area contributed by atoms with Crippen molar-refractivity contribution >= 4 is 32.9 Å². The summed E-state index contributed by atoms with van der Waals surface area (Å²) in [4.78, 5) is 0. The van der Waals surface area contributed by atoms with Gasteiger partial charge in [0.25, 0.3) is 0 Å². The Morgan fingerprint density at radius 1 is 0.773 bits per heavy atom. The first-order chi connectivity index (χ1) is 10.5. The Morgan fingerprint density at radius 3 is 2.09 bits per heavy atom. The van der Waals surface area contributed by atoms with E-state index in [0.717, 1.165) is 11.3 Å². The molecule has 3 rings (SSSR count). The molecule has 0 aliphatic rings. The lowest BCUT2D eigenvalue weighted by molar-refractivity contribution is 0.477. The molecule has 22 heavy (non-hydrogen) atoms. The third-order valence-corrected chi connectivity index (χ3v) is 4.52. The summed E-state index contributed by atoms with van der Waals surface area (Å²) in [6.45, 7) is 1.83. The Hall–Kier alpha value is -1.69. The maximum Gasteiger partial charge on any atom is 0.170 e. The highest BCUT2D eigenvalue weighted by molar-refractivity contribution is 7.09. The molecule has 0 radical (unpaired) electrons. The van der Waals surface area contributed by atoms with Gasteiger partial charge in [0.1, 0.15) is 5.82 Å². The monoisotopic (exact) mass is 330 g/mol. The average molecular weight is 330 g/mol. The summed E-state index contributed by atoms with van der Waals surface area (Å²) in [6, 6.07) is 0. The Balaban J connectivity index is 2.52. The number of hydrogen-bond donors (Lipinski definition) is 0. The van der Waals surface area contributed by atoms with E-state index in [1.54, 1.807) is 0 Å². The van der Waals surface area contributed by atoms with Gasteiger partial charge in [-0.15, -0.1) is 0 Å². The first-order valence-corrected chi connectivity index (χ1v) is 7.75. The number of halogens is 5. The van der Waals surface area contributed by atoms with Gasteiger partial charge in [0.05, 0.1) is 5.39 Å². The van der Waals surface area contributed by atoms with E-state index in [1.807, 2.05) is 6.92 Å². The van der Waals surface area contributed by atoms with Crippen molar-refractivity contribution in [3.63, 3.8) is 0 Å². The fourth-order valence-corrected chi connectivity index (χ4v) is 3.45. The molecule has 0 saturated heterocycles. The van der Waals surface area contributed by atoms with Crippen LogP contribution in [0.2, 0.25) is 0 Å². The maximum absolute atomic E-state index is 14.7. The molecule has 0 bridgehead atoms. The number of benzene rings is 2. The second-order valence-electron chi connectivity index (χ2n) is 5.10. The van der Waals surface area contributed by atoms with Gasteiger partial charge in [0.2, 0.25) is 0 Å². The molecule has 0 unspecified atom stereocenters. The van der Waals surface area contributed by atoms with Crippen molar-refractivity contribution < 1.29 is 22.0 Å². The van der Waals surface area contributed by atoms with E-state index in [0.29, 0.717) is 12.8 Å². The van der Waals surface area contributed by atoms with Gasteiger partial charge in [-0.05, 0) is 18.2 Å². The highest BCUT2D eigenvalue weighted by Crippen LogP contribution is 2.38. The third-order valence-electron chi connectivity index (χ3n) is 3.77. The Bertz CT molecular complexity index is 882. The van der Waals surface area contributed by atoms with Crippen LogP contribution in [0.15, 0.2) is 10.8 Å². The molecule has 0 aliphatic heterocycles. The zero-order valence-corrected chi connectivity index (χ0v) is 12.4. The van der Waals surface area contributed by atoms with Crippen LogP contribution in [-0.2, 0) is 6.42 Å². The maximum atomic E-state index is 14.7. The topological polar surface area (TPSA) is 0 Å². The van der Waals surface area contributed by atoms with Gasteiger partial charge in [-0.25, -0.2) is 22.0 Å². The summed E-state index contributed by atoms with van der Waals surface area (Å²) < 4.78 is 70.9. The van der Waals surface area contributed by atoms with E-state index in [-0.39, 0.29) is 22.6 Å². The standard InChI is InChI=1S/C16H11F5S/c1-2-3-4-7-12(17)10-8-5-22-6-9(8)14(19)16(21)11(10)15(20)13(7)18/h5-6H,2-4H2,1H3. The van der Waals surface area contributed by atoms with Crippen LogP contribution in [0.1, 0.15) is 25.3 Å². The summed E-state index contributed by atoms with van der Waals surface area (Å²) in [5.41, 5.74) is -0.412. The molecule has 0 atom stereocenters. The predicted molar refractivity (Wildman–Crippen MR) is 77.7 cm³/mol. The Kier molecular flexibility index (Phi) is 3.80. The molecule has 0 fully saturated rings. The summed E-state index contributed by atoms with van der Waals surface area (Å²) in [5, 5.41) is 1.32. The second kappa shape index (κ2) is 5.50. The normalized spacial score (nSPS) is 11.7. The Labute approximate surface area is 127 Å². The molecule has 0 nitrogen and oxygen atoms in total. The van der Waals surface area contributed by atoms with Crippen molar-refractivity contribution in [2.75, 3.05) is 0 Å². The molecule has 116 valence electrons. The molecule has 2 aromatic carbocycles. The largest absolute Gasteiger partial charge is 0.206 e. The van der Waals surface area contributed by atoms with Gasteiger partial charge in [-0.1, -0.05) is 13.3 Å². The van der Waals surface area contributed by atoms with Gasteiger partial charge in [0.15, 0.2) is 23.3 Å². The molecule has 1 aromatic heterocycles.